The maximum absolute atomic E-state index is 12.1. The highest BCUT2D eigenvalue weighted by Crippen LogP contribution is 2.32. The van der Waals surface area contributed by atoms with Crippen LogP contribution in [-0.4, -0.2) is 22.8 Å². The van der Waals surface area contributed by atoms with Crippen LogP contribution in [0.25, 0.3) is 0 Å². The van der Waals surface area contributed by atoms with Crippen LogP contribution in [0.15, 0.2) is 11.1 Å². The summed E-state index contributed by atoms with van der Waals surface area (Å²) >= 11 is 0. The van der Waals surface area contributed by atoms with Gasteiger partial charge in [0.15, 0.2) is 5.69 Å². The van der Waals surface area contributed by atoms with E-state index in [9.17, 15) is 21.6 Å². The van der Waals surface area contributed by atoms with Gasteiger partial charge in [-0.05, 0) is 0 Å². The van der Waals surface area contributed by atoms with Crippen molar-refractivity contribution in [2.24, 2.45) is 7.05 Å². The van der Waals surface area contributed by atoms with E-state index in [2.05, 4.69) is 5.10 Å². The molecule has 0 bridgehead atoms. The van der Waals surface area contributed by atoms with Crippen molar-refractivity contribution in [1.29, 1.82) is 0 Å². The summed E-state index contributed by atoms with van der Waals surface area (Å²) in [7, 11) is -3.78. The molecule has 1 heterocycles. The lowest BCUT2D eigenvalue weighted by Crippen LogP contribution is -2.12. The third-order valence-corrected chi connectivity index (χ3v) is 2.20. The zero-order valence-electron chi connectivity index (χ0n) is 7.19. The Hall–Kier alpha value is -0.800. The van der Waals surface area contributed by atoms with Gasteiger partial charge in [-0.15, -0.1) is 12.4 Å². The highest BCUT2D eigenvalue weighted by molar-refractivity contribution is 7.85. The summed E-state index contributed by atoms with van der Waals surface area (Å²) in [6, 6.07) is 0. The Bertz CT molecular complexity index is 453. The number of aromatic nitrogens is 2. The van der Waals surface area contributed by atoms with E-state index in [1.165, 1.54) is 0 Å². The lowest BCUT2D eigenvalue weighted by atomic mass is 10.4. The summed E-state index contributed by atoms with van der Waals surface area (Å²) in [6.45, 7) is 0. The van der Waals surface area contributed by atoms with Crippen LogP contribution in [0.2, 0.25) is 0 Å². The van der Waals surface area contributed by atoms with Crippen LogP contribution < -0.4 is 0 Å². The third-order valence-electron chi connectivity index (χ3n) is 1.34. The molecule has 0 aliphatic rings. The molecular weight excluding hydrogens is 261 g/mol. The van der Waals surface area contributed by atoms with E-state index < -0.39 is 26.9 Å². The van der Waals surface area contributed by atoms with Crippen molar-refractivity contribution < 1.29 is 26.1 Å². The SMILES string of the molecule is Cl.Cn1cc(S(=O)(=O)O)c(C(F)(F)F)n1. The van der Waals surface area contributed by atoms with Crippen LogP contribution >= 0.6 is 12.4 Å². The summed E-state index contributed by atoms with van der Waals surface area (Å²) in [5.41, 5.74) is -1.62. The van der Waals surface area contributed by atoms with Crippen molar-refractivity contribution in [1.82, 2.24) is 9.78 Å². The fraction of sp³-hybridized carbons (Fsp3) is 0.400. The van der Waals surface area contributed by atoms with Gasteiger partial charge in [-0.3, -0.25) is 9.23 Å². The lowest BCUT2D eigenvalue weighted by molar-refractivity contribution is -0.143. The molecule has 1 N–H and O–H groups in total. The minimum Gasteiger partial charge on any atom is -0.282 e. The normalized spacial score (nSPS) is 12.3. The molecule has 0 radical (unpaired) electrons. The van der Waals surface area contributed by atoms with E-state index in [0.717, 1.165) is 7.05 Å². The quantitative estimate of drug-likeness (QED) is 0.773. The molecule has 0 fully saturated rings. The number of aryl methyl sites for hydroxylation is 1. The Morgan fingerprint density at radius 1 is 1.47 bits per heavy atom. The van der Waals surface area contributed by atoms with Gasteiger partial charge in [0.25, 0.3) is 10.1 Å². The first-order valence-electron chi connectivity index (χ1n) is 3.20. The van der Waals surface area contributed by atoms with Crippen LogP contribution in [0.4, 0.5) is 13.2 Å². The molecule has 10 heteroatoms. The second kappa shape index (κ2) is 3.99. The molecule has 0 saturated heterocycles. The Morgan fingerprint density at radius 3 is 2.20 bits per heavy atom. The molecule has 0 spiro atoms. The molecule has 0 aliphatic carbocycles. The molecule has 0 aromatic carbocycles. The van der Waals surface area contributed by atoms with Crippen molar-refractivity contribution in [3.8, 4) is 0 Å². The average molecular weight is 267 g/mol. The van der Waals surface area contributed by atoms with Gasteiger partial charge in [-0.2, -0.15) is 26.7 Å². The number of nitrogens with zero attached hydrogens (tertiary/aromatic N) is 2. The monoisotopic (exact) mass is 266 g/mol. The molecule has 1 aromatic rings. The Balaban J connectivity index is 0.00000196. The Labute approximate surface area is 89.0 Å². The molecule has 1 aromatic heterocycles. The number of rotatable bonds is 1. The molecule has 15 heavy (non-hydrogen) atoms. The van der Waals surface area contributed by atoms with Gasteiger partial charge in [-0.25, -0.2) is 0 Å². The van der Waals surface area contributed by atoms with Gasteiger partial charge < -0.3 is 0 Å². The predicted molar refractivity (Wildman–Crippen MR) is 45.3 cm³/mol. The smallest absolute Gasteiger partial charge is 0.282 e. The molecule has 88 valence electrons. The van der Waals surface area contributed by atoms with Gasteiger partial charge in [0.1, 0.15) is 4.90 Å². The number of alkyl halides is 3. The molecular formula is C5H6ClF3N2O3S. The van der Waals surface area contributed by atoms with Crippen LogP contribution in [0, 0.1) is 0 Å². The zero-order valence-corrected chi connectivity index (χ0v) is 8.82. The van der Waals surface area contributed by atoms with Crippen molar-refractivity contribution in [3.63, 3.8) is 0 Å². The van der Waals surface area contributed by atoms with Crippen molar-refractivity contribution in [2.75, 3.05) is 0 Å². The molecule has 1 rings (SSSR count). The fourth-order valence-electron chi connectivity index (χ4n) is 0.852. The molecule has 0 aliphatic heterocycles. The number of hydrogen-bond acceptors (Lipinski definition) is 3. The van der Waals surface area contributed by atoms with Crippen LogP contribution in [0.5, 0.6) is 0 Å². The highest BCUT2D eigenvalue weighted by atomic mass is 35.5. The second-order valence-electron chi connectivity index (χ2n) is 2.49. The van der Waals surface area contributed by atoms with E-state index in [0.29, 0.717) is 10.9 Å². The number of halogens is 4. The van der Waals surface area contributed by atoms with Gasteiger partial charge in [-0.1, -0.05) is 0 Å². The van der Waals surface area contributed by atoms with E-state index in [1.807, 2.05) is 0 Å². The largest absolute Gasteiger partial charge is 0.436 e. The highest BCUT2D eigenvalue weighted by Gasteiger charge is 2.40. The fourth-order valence-corrected chi connectivity index (χ4v) is 1.54. The predicted octanol–water partition coefficient (Wildman–Crippen LogP) is 1.11. The summed E-state index contributed by atoms with van der Waals surface area (Å²) in [4.78, 5) is -1.24. The average Bonchev–Trinajstić information content (AvgIpc) is 2.27. The van der Waals surface area contributed by atoms with Crippen molar-refractivity contribution in [2.45, 2.75) is 11.1 Å². The first-order valence-corrected chi connectivity index (χ1v) is 4.64. The zero-order chi connectivity index (χ0) is 11.1. The maximum atomic E-state index is 12.1. The Morgan fingerprint density at radius 2 is 1.93 bits per heavy atom. The van der Waals surface area contributed by atoms with E-state index in [4.69, 9.17) is 4.55 Å². The summed E-state index contributed by atoms with van der Waals surface area (Å²) in [5, 5.41) is 2.90. The number of hydrogen-bond donors (Lipinski definition) is 1. The van der Waals surface area contributed by atoms with Gasteiger partial charge in [0, 0.05) is 13.2 Å². The van der Waals surface area contributed by atoms with Crippen LogP contribution in [-0.2, 0) is 23.3 Å². The third kappa shape index (κ3) is 3.08. The molecule has 0 saturated carbocycles. The first kappa shape index (κ1) is 14.2. The van der Waals surface area contributed by atoms with Gasteiger partial charge >= 0.3 is 6.18 Å². The van der Waals surface area contributed by atoms with Crippen LogP contribution in [0.3, 0.4) is 0 Å². The van der Waals surface area contributed by atoms with Gasteiger partial charge in [0.2, 0.25) is 0 Å². The first-order chi connectivity index (χ1) is 6.12. The maximum Gasteiger partial charge on any atom is 0.436 e. The second-order valence-corrected chi connectivity index (χ2v) is 3.88. The van der Waals surface area contributed by atoms with Crippen LogP contribution in [0.1, 0.15) is 5.69 Å². The van der Waals surface area contributed by atoms with Crippen molar-refractivity contribution >= 4 is 22.5 Å². The minimum atomic E-state index is -4.91. The standard InChI is InChI=1S/C5H5F3N2O3S.ClH/c1-10-2-3(14(11,12)13)4(9-10)5(6,7)8;/h2H,1H3,(H,11,12,13);1H. The summed E-state index contributed by atoms with van der Waals surface area (Å²) in [6.07, 6.45) is -4.33. The molecule has 0 amide bonds. The molecule has 5 nitrogen and oxygen atoms in total. The molecule has 0 atom stereocenters. The van der Waals surface area contributed by atoms with E-state index in [1.54, 1.807) is 0 Å². The van der Waals surface area contributed by atoms with E-state index >= 15 is 0 Å². The summed E-state index contributed by atoms with van der Waals surface area (Å²) in [5.74, 6) is 0. The van der Waals surface area contributed by atoms with Crippen molar-refractivity contribution in [3.05, 3.63) is 11.9 Å². The Kier molecular flexibility index (Phi) is 3.77. The lowest BCUT2D eigenvalue weighted by Gasteiger charge is -2.02. The molecule has 0 unspecified atom stereocenters. The van der Waals surface area contributed by atoms with Gasteiger partial charge in [0.05, 0.1) is 0 Å². The summed E-state index contributed by atoms with van der Waals surface area (Å²) < 4.78 is 66.6. The van der Waals surface area contributed by atoms with E-state index in [-0.39, 0.29) is 12.4 Å². The minimum absolute atomic E-state index is 0. The topological polar surface area (TPSA) is 72.2 Å².